The summed E-state index contributed by atoms with van der Waals surface area (Å²) < 4.78 is 30.7. The minimum atomic E-state index is -1.11. The van der Waals surface area contributed by atoms with Gasteiger partial charge in [-0.15, -0.1) is 0 Å². The number of hydrogen-bond acceptors (Lipinski definition) is 4. The van der Waals surface area contributed by atoms with E-state index in [4.69, 9.17) is 10.8 Å². The Kier molecular flexibility index (Phi) is 2.03. The second kappa shape index (κ2) is 3.23. The highest BCUT2D eigenvalue weighted by Gasteiger charge is 2.16. The summed E-state index contributed by atoms with van der Waals surface area (Å²) in [5, 5.41) is 12.4. The number of nitrogen functional groups attached to an aromatic ring is 1. The highest BCUT2D eigenvalue weighted by Crippen LogP contribution is 2.31. The number of hydrogen-bond donors (Lipinski definition) is 2. The molecule has 0 radical (unpaired) electrons. The minimum absolute atomic E-state index is 0.0281. The molecule has 0 aliphatic rings. The van der Waals surface area contributed by atoms with E-state index in [9.17, 15) is 8.78 Å². The second-order valence-electron chi connectivity index (χ2n) is 2.87. The summed E-state index contributed by atoms with van der Waals surface area (Å²) in [4.78, 5) is 0. The number of aromatic hydroxyl groups is 1. The number of halogens is 2. The van der Waals surface area contributed by atoms with Crippen molar-refractivity contribution in [1.82, 2.24) is 5.16 Å². The summed E-state index contributed by atoms with van der Waals surface area (Å²) in [6.07, 6.45) is 0. The Hall–Kier alpha value is -2.11. The fourth-order valence-electron chi connectivity index (χ4n) is 1.15. The van der Waals surface area contributed by atoms with Crippen LogP contribution in [0.3, 0.4) is 0 Å². The van der Waals surface area contributed by atoms with Gasteiger partial charge in [-0.05, 0) is 12.1 Å². The Labute approximate surface area is 82.9 Å². The number of rotatable bonds is 1. The molecule has 0 atom stereocenters. The van der Waals surface area contributed by atoms with Gasteiger partial charge in [0.05, 0.1) is 5.56 Å². The largest absolute Gasteiger partial charge is 0.503 e. The molecule has 0 unspecified atom stereocenters. The first-order chi connectivity index (χ1) is 7.09. The predicted molar refractivity (Wildman–Crippen MR) is 47.9 cm³/mol. The topological polar surface area (TPSA) is 72.3 Å². The zero-order valence-corrected chi connectivity index (χ0v) is 7.37. The number of nitrogens with two attached hydrogens (primary N) is 1. The predicted octanol–water partition coefficient (Wildman–Crippen LogP) is 1.91. The van der Waals surface area contributed by atoms with E-state index in [2.05, 4.69) is 9.68 Å². The molecule has 1 heterocycles. The lowest BCUT2D eigenvalue weighted by Gasteiger charge is -2.01. The molecule has 78 valence electrons. The van der Waals surface area contributed by atoms with Crippen LogP contribution in [0.1, 0.15) is 0 Å². The lowest BCUT2D eigenvalue weighted by molar-refractivity contribution is 0.393. The summed E-state index contributed by atoms with van der Waals surface area (Å²) in [5.41, 5.74) is 5.17. The molecule has 0 aliphatic carbocycles. The SMILES string of the molecule is Nc1cc(-c2ccc(F)c(O)c2F)on1. The maximum absolute atomic E-state index is 13.3. The molecule has 0 bridgehead atoms. The minimum Gasteiger partial charge on any atom is -0.503 e. The van der Waals surface area contributed by atoms with Crippen LogP contribution in [0.15, 0.2) is 22.7 Å². The van der Waals surface area contributed by atoms with Gasteiger partial charge in [0, 0.05) is 6.07 Å². The van der Waals surface area contributed by atoms with Crippen molar-refractivity contribution >= 4 is 5.82 Å². The molecule has 0 amide bonds. The maximum atomic E-state index is 13.3. The first kappa shape index (κ1) is 9.45. The molecule has 0 fully saturated rings. The van der Waals surface area contributed by atoms with Crippen LogP contribution in [0.2, 0.25) is 0 Å². The molecular weight excluding hydrogens is 206 g/mol. The Morgan fingerprint density at radius 3 is 2.67 bits per heavy atom. The summed E-state index contributed by atoms with van der Waals surface area (Å²) in [6, 6.07) is 3.33. The zero-order chi connectivity index (χ0) is 11.0. The average molecular weight is 212 g/mol. The monoisotopic (exact) mass is 212 g/mol. The molecule has 15 heavy (non-hydrogen) atoms. The molecule has 4 nitrogen and oxygen atoms in total. The van der Waals surface area contributed by atoms with E-state index in [1.165, 1.54) is 6.07 Å². The molecular formula is C9H6F2N2O2. The van der Waals surface area contributed by atoms with Gasteiger partial charge >= 0.3 is 0 Å². The van der Waals surface area contributed by atoms with Crippen molar-refractivity contribution in [2.75, 3.05) is 5.73 Å². The number of nitrogens with zero attached hydrogens (tertiary/aromatic N) is 1. The molecule has 0 saturated carbocycles. The van der Waals surface area contributed by atoms with Crippen LogP contribution in [-0.2, 0) is 0 Å². The number of anilines is 1. The van der Waals surface area contributed by atoms with Crippen LogP contribution in [0.5, 0.6) is 5.75 Å². The molecule has 0 aliphatic heterocycles. The van der Waals surface area contributed by atoms with E-state index in [1.54, 1.807) is 0 Å². The first-order valence-corrected chi connectivity index (χ1v) is 3.99. The van der Waals surface area contributed by atoms with Crippen LogP contribution in [0.25, 0.3) is 11.3 Å². The summed E-state index contributed by atoms with van der Waals surface area (Å²) in [6.45, 7) is 0. The van der Waals surface area contributed by atoms with Crippen molar-refractivity contribution in [3.63, 3.8) is 0 Å². The van der Waals surface area contributed by atoms with Crippen LogP contribution >= 0.6 is 0 Å². The summed E-state index contributed by atoms with van der Waals surface area (Å²) in [7, 11) is 0. The van der Waals surface area contributed by atoms with E-state index in [1.807, 2.05) is 0 Å². The molecule has 2 rings (SSSR count). The summed E-state index contributed by atoms with van der Waals surface area (Å²) >= 11 is 0. The van der Waals surface area contributed by atoms with Gasteiger partial charge in [0.1, 0.15) is 0 Å². The molecule has 1 aromatic heterocycles. The third kappa shape index (κ3) is 1.50. The van der Waals surface area contributed by atoms with Crippen molar-refractivity contribution < 1.29 is 18.4 Å². The smallest absolute Gasteiger partial charge is 0.188 e. The van der Waals surface area contributed by atoms with E-state index >= 15 is 0 Å². The van der Waals surface area contributed by atoms with Gasteiger partial charge in [-0.25, -0.2) is 8.78 Å². The van der Waals surface area contributed by atoms with Crippen LogP contribution in [0, 0.1) is 11.6 Å². The Morgan fingerprint density at radius 1 is 1.33 bits per heavy atom. The molecule has 0 saturated heterocycles. The number of benzene rings is 1. The second-order valence-corrected chi connectivity index (χ2v) is 2.87. The molecule has 6 heteroatoms. The molecule has 1 aromatic carbocycles. The van der Waals surface area contributed by atoms with Gasteiger partial charge in [0.15, 0.2) is 29.0 Å². The third-order valence-electron chi connectivity index (χ3n) is 1.86. The van der Waals surface area contributed by atoms with E-state index < -0.39 is 17.4 Å². The van der Waals surface area contributed by atoms with Gasteiger partial charge in [0.2, 0.25) is 0 Å². The van der Waals surface area contributed by atoms with E-state index in [0.717, 1.165) is 12.1 Å². The number of phenolic OH excluding ortho intramolecular Hbond substituents is 1. The molecule has 0 spiro atoms. The quantitative estimate of drug-likeness (QED) is 0.757. The highest BCUT2D eigenvalue weighted by molar-refractivity contribution is 5.62. The van der Waals surface area contributed by atoms with Crippen molar-refractivity contribution in [2.45, 2.75) is 0 Å². The fraction of sp³-hybridized carbons (Fsp3) is 0. The van der Waals surface area contributed by atoms with Crippen molar-refractivity contribution in [1.29, 1.82) is 0 Å². The van der Waals surface area contributed by atoms with Crippen molar-refractivity contribution in [3.8, 4) is 17.1 Å². The molecule has 2 aromatic rings. The third-order valence-corrected chi connectivity index (χ3v) is 1.86. The average Bonchev–Trinajstić information content (AvgIpc) is 2.61. The van der Waals surface area contributed by atoms with Crippen molar-refractivity contribution in [2.24, 2.45) is 0 Å². The van der Waals surface area contributed by atoms with Gasteiger partial charge < -0.3 is 15.4 Å². The van der Waals surface area contributed by atoms with E-state index in [0.29, 0.717) is 0 Å². The number of phenols is 1. The Balaban J connectivity index is 2.59. The lowest BCUT2D eigenvalue weighted by atomic mass is 10.1. The lowest BCUT2D eigenvalue weighted by Crippen LogP contribution is -1.87. The van der Waals surface area contributed by atoms with Crippen molar-refractivity contribution in [3.05, 3.63) is 29.8 Å². The standard InChI is InChI=1S/C9H6F2N2O2/c10-5-2-1-4(8(11)9(5)14)6-3-7(12)13-15-6/h1-3,14H,(H2,12,13). The van der Waals surface area contributed by atoms with Gasteiger partial charge in [0.25, 0.3) is 0 Å². The Bertz CT molecular complexity index is 511. The summed E-state index contributed by atoms with van der Waals surface area (Å²) in [5.74, 6) is -3.09. The first-order valence-electron chi connectivity index (χ1n) is 3.99. The normalized spacial score (nSPS) is 10.5. The number of aromatic nitrogens is 1. The highest BCUT2D eigenvalue weighted by atomic mass is 19.1. The fourth-order valence-corrected chi connectivity index (χ4v) is 1.15. The van der Waals surface area contributed by atoms with Gasteiger partial charge in [-0.2, -0.15) is 0 Å². The van der Waals surface area contributed by atoms with E-state index in [-0.39, 0.29) is 17.1 Å². The van der Waals surface area contributed by atoms with Gasteiger partial charge in [-0.3, -0.25) is 0 Å². The Morgan fingerprint density at radius 2 is 2.07 bits per heavy atom. The van der Waals surface area contributed by atoms with Gasteiger partial charge in [-0.1, -0.05) is 5.16 Å². The van der Waals surface area contributed by atoms with Crippen LogP contribution < -0.4 is 5.73 Å². The zero-order valence-electron chi connectivity index (χ0n) is 7.37. The molecule has 3 N–H and O–H groups in total. The maximum Gasteiger partial charge on any atom is 0.188 e. The van der Waals surface area contributed by atoms with Crippen LogP contribution in [-0.4, -0.2) is 10.3 Å². The van der Waals surface area contributed by atoms with Crippen LogP contribution in [0.4, 0.5) is 14.6 Å².